The van der Waals surface area contributed by atoms with E-state index in [0.29, 0.717) is 0 Å². The van der Waals surface area contributed by atoms with Gasteiger partial charge in [-0.1, -0.05) is 115 Å². The second-order valence-electron chi connectivity index (χ2n) is 7.92. The van der Waals surface area contributed by atoms with Gasteiger partial charge in [0.1, 0.15) is 11.5 Å². The fraction of sp³-hybridized carbons (Fsp3) is 0. The molecule has 5 rings (SSSR count). The molecule has 0 bridgehead atoms. The molecule has 5 aromatic carbocycles. The minimum absolute atomic E-state index is 0.748. The zero-order chi connectivity index (χ0) is 23.2. The highest BCUT2D eigenvalue weighted by atomic mass is 31.2. The summed E-state index contributed by atoms with van der Waals surface area (Å²) in [6, 6.07) is 46.6. The van der Waals surface area contributed by atoms with Crippen molar-refractivity contribution in [3.05, 3.63) is 140 Å². The van der Waals surface area contributed by atoms with Crippen LogP contribution in [0.5, 0.6) is 11.5 Å². The van der Waals surface area contributed by atoms with Crippen LogP contribution < -0.4 is 14.4 Å². The molecule has 0 aliphatic carbocycles. The van der Waals surface area contributed by atoms with Gasteiger partial charge >= 0.3 is 0 Å². The third-order valence-corrected chi connectivity index (χ3v) is 7.65. The Morgan fingerprint density at radius 2 is 0.765 bits per heavy atom. The van der Waals surface area contributed by atoms with Gasteiger partial charge in [0.15, 0.2) is 0 Å². The van der Waals surface area contributed by atoms with Crippen molar-refractivity contribution in [3.63, 3.8) is 0 Å². The van der Waals surface area contributed by atoms with Crippen molar-refractivity contribution in [2.24, 2.45) is 0 Å². The summed E-state index contributed by atoms with van der Waals surface area (Å²) in [5.74, 6) is 1.50. The zero-order valence-corrected chi connectivity index (χ0v) is 19.6. The Balaban J connectivity index is 1.59. The van der Waals surface area contributed by atoms with Crippen LogP contribution in [0.2, 0.25) is 0 Å². The molecule has 0 fully saturated rings. The summed E-state index contributed by atoms with van der Waals surface area (Å²) in [7, 11) is -2.81. The van der Waals surface area contributed by atoms with Crippen molar-refractivity contribution < 1.29 is 9.05 Å². The second kappa shape index (κ2) is 9.87. The Morgan fingerprint density at radius 3 is 1.21 bits per heavy atom. The van der Waals surface area contributed by atoms with Crippen LogP contribution in [-0.4, -0.2) is 6.30 Å². The van der Waals surface area contributed by atoms with Crippen LogP contribution >= 0.6 is 7.34 Å². The molecule has 0 aliphatic rings. The lowest BCUT2D eigenvalue weighted by molar-refractivity contribution is 0.499. The van der Waals surface area contributed by atoms with E-state index in [1.165, 1.54) is 0 Å². The summed E-state index contributed by atoms with van der Waals surface area (Å²) >= 11 is 0. The Bertz CT molecular complexity index is 1330. The molecule has 2 nitrogen and oxygen atoms in total. The lowest BCUT2D eigenvalue weighted by atomic mass is 10.1. The van der Waals surface area contributed by atoms with Gasteiger partial charge in [-0.3, -0.25) is 0 Å². The van der Waals surface area contributed by atoms with Gasteiger partial charge in [-0.2, -0.15) is 0 Å². The van der Waals surface area contributed by atoms with Gasteiger partial charge in [-0.15, -0.1) is 0 Å². The maximum absolute atomic E-state index is 6.75. The van der Waals surface area contributed by atoms with Gasteiger partial charge in [-0.25, -0.2) is 0 Å². The predicted octanol–water partition coefficient (Wildman–Crippen LogP) is 8.08. The van der Waals surface area contributed by atoms with Gasteiger partial charge in [0.25, 0.3) is 0 Å². The minimum Gasteiger partial charge on any atom is -0.439 e. The summed E-state index contributed by atoms with van der Waals surface area (Å²) in [5.41, 5.74) is 4.18. The molecule has 0 unspecified atom stereocenters. The summed E-state index contributed by atoms with van der Waals surface area (Å²) in [4.78, 5) is 0. The van der Waals surface area contributed by atoms with E-state index in [9.17, 15) is 0 Å². The molecule has 3 heteroatoms. The van der Waals surface area contributed by atoms with E-state index >= 15 is 0 Å². The Morgan fingerprint density at radius 1 is 0.412 bits per heavy atom. The SMILES string of the molecule is C=P(Oc1ccccc1-c1ccccc1)(Oc1ccccc1-c1ccccc1)c1ccccc1. The molecule has 5 aromatic rings. The lowest BCUT2D eigenvalue weighted by Gasteiger charge is -2.28. The van der Waals surface area contributed by atoms with E-state index in [2.05, 4.69) is 42.7 Å². The summed E-state index contributed by atoms with van der Waals surface area (Å²) in [6.07, 6.45) is 4.57. The van der Waals surface area contributed by atoms with Crippen LogP contribution in [-0.2, 0) is 0 Å². The van der Waals surface area contributed by atoms with E-state index in [1.54, 1.807) is 0 Å². The Labute approximate surface area is 201 Å². The molecule has 0 aromatic heterocycles. The van der Waals surface area contributed by atoms with Crippen LogP contribution in [0.15, 0.2) is 140 Å². The smallest absolute Gasteiger partial charge is 0.245 e. The maximum Gasteiger partial charge on any atom is 0.245 e. The average molecular weight is 461 g/mol. The molecule has 166 valence electrons. The van der Waals surface area contributed by atoms with E-state index < -0.39 is 7.34 Å². The van der Waals surface area contributed by atoms with E-state index in [-0.39, 0.29) is 0 Å². The van der Waals surface area contributed by atoms with Gasteiger partial charge in [0.2, 0.25) is 7.34 Å². The Kier molecular flexibility index (Phi) is 6.33. The third kappa shape index (κ3) is 4.69. The molecule has 0 spiro atoms. The Hall–Kier alpha value is -4.00. The minimum atomic E-state index is -2.81. The topological polar surface area (TPSA) is 18.5 Å². The molecule has 0 saturated carbocycles. The number of benzene rings is 5. The van der Waals surface area contributed by atoms with Gasteiger partial charge in [0.05, 0.1) is 0 Å². The highest BCUT2D eigenvalue weighted by molar-refractivity contribution is 7.72. The number of hydrogen-bond acceptors (Lipinski definition) is 2. The van der Waals surface area contributed by atoms with E-state index in [4.69, 9.17) is 9.05 Å². The molecule has 0 saturated heterocycles. The highest BCUT2D eigenvalue weighted by Gasteiger charge is 2.25. The van der Waals surface area contributed by atoms with Crippen molar-refractivity contribution in [1.82, 2.24) is 0 Å². The summed E-state index contributed by atoms with van der Waals surface area (Å²) < 4.78 is 13.5. The van der Waals surface area contributed by atoms with Crippen molar-refractivity contribution in [2.75, 3.05) is 0 Å². The first-order chi connectivity index (χ1) is 16.7. The highest BCUT2D eigenvalue weighted by Crippen LogP contribution is 2.50. The monoisotopic (exact) mass is 460 g/mol. The molecule has 0 amide bonds. The van der Waals surface area contributed by atoms with Crippen molar-refractivity contribution in [3.8, 4) is 33.8 Å². The van der Waals surface area contributed by atoms with Gasteiger partial charge in [-0.05, 0) is 41.7 Å². The lowest BCUT2D eigenvalue weighted by Crippen LogP contribution is -2.15. The molecule has 0 N–H and O–H groups in total. The molecule has 0 atom stereocenters. The molecular weight excluding hydrogens is 435 g/mol. The first-order valence-electron chi connectivity index (χ1n) is 11.2. The summed E-state index contributed by atoms with van der Waals surface area (Å²) in [6.45, 7) is 0. The number of rotatable bonds is 7. The number of para-hydroxylation sites is 2. The van der Waals surface area contributed by atoms with E-state index in [0.717, 1.165) is 39.1 Å². The number of hydrogen-bond donors (Lipinski definition) is 0. The fourth-order valence-electron chi connectivity index (χ4n) is 3.90. The van der Waals surface area contributed by atoms with Crippen molar-refractivity contribution >= 4 is 18.9 Å². The molecule has 0 heterocycles. The quantitative estimate of drug-likeness (QED) is 0.229. The third-order valence-electron chi connectivity index (χ3n) is 5.58. The molecule has 34 heavy (non-hydrogen) atoms. The molecule has 0 aliphatic heterocycles. The standard InChI is InChI=1S/C31H25O2P/c1-34(27-19-9-4-10-20-27,32-30-23-13-11-21-28(30)25-15-5-2-6-16-25)33-31-24-14-12-22-29(31)26-17-7-3-8-18-26/h2-24H,1H2. The van der Waals surface area contributed by atoms with E-state index in [1.807, 2.05) is 103 Å². The second-order valence-corrected chi connectivity index (χ2v) is 10.1. The molecule has 0 radical (unpaired) electrons. The average Bonchev–Trinajstić information content (AvgIpc) is 2.91. The van der Waals surface area contributed by atoms with Crippen LogP contribution in [0.25, 0.3) is 22.3 Å². The van der Waals surface area contributed by atoms with Crippen molar-refractivity contribution in [2.45, 2.75) is 0 Å². The largest absolute Gasteiger partial charge is 0.439 e. The van der Waals surface area contributed by atoms with Crippen LogP contribution in [0.1, 0.15) is 0 Å². The summed E-state index contributed by atoms with van der Waals surface area (Å²) in [5, 5.41) is 0.931. The maximum atomic E-state index is 6.75. The fourth-order valence-corrected chi connectivity index (χ4v) is 5.73. The normalized spacial score (nSPS) is 11.1. The van der Waals surface area contributed by atoms with Crippen molar-refractivity contribution in [1.29, 1.82) is 0 Å². The van der Waals surface area contributed by atoms with Crippen LogP contribution in [0, 0.1) is 0 Å². The predicted molar refractivity (Wildman–Crippen MR) is 145 cm³/mol. The van der Waals surface area contributed by atoms with Gasteiger partial charge in [0, 0.05) is 16.4 Å². The van der Waals surface area contributed by atoms with Crippen LogP contribution in [0.3, 0.4) is 0 Å². The molecular formula is C31H25O2P. The first kappa shape index (κ1) is 21.8. The first-order valence-corrected chi connectivity index (χ1v) is 13.0. The van der Waals surface area contributed by atoms with Gasteiger partial charge < -0.3 is 9.05 Å². The van der Waals surface area contributed by atoms with Crippen LogP contribution in [0.4, 0.5) is 0 Å². The zero-order valence-electron chi connectivity index (χ0n) is 18.7.